The van der Waals surface area contributed by atoms with Gasteiger partial charge in [-0.25, -0.2) is 0 Å². The molecule has 0 spiro atoms. The van der Waals surface area contributed by atoms with Gasteiger partial charge in [-0.05, 0) is 39.8 Å². The second kappa shape index (κ2) is 6.66. The molecule has 24 heavy (non-hydrogen) atoms. The lowest BCUT2D eigenvalue weighted by molar-refractivity contribution is -0.138. The van der Waals surface area contributed by atoms with Crippen LogP contribution in [0.5, 0.6) is 5.75 Å². The minimum atomic E-state index is -1.46. The van der Waals surface area contributed by atoms with E-state index in [0.29, 0.717) is 17.1 Å². The van der Waals surface area contributed by atoms with Crippen molar-refractivity contribution in [2.75, 3.05) is 7.11 Å². The minimum Gasteiger partial charge on any atom is -0.598 e. The van der Waals surface area contributed by atoms with Crippen molar-refractivity contribution < 1.29 is 23.6 Å². The van der Waals surface area contributed by atoms with Crippen LogP contribution in [0, 0.1) is 0 Å². The quantitative estimate of drug-likeness (QED) is 0.775. The maximum atomic E-state index is 12.5. The fourth-order valence-corrected chi connectivity index (χ4v) is 3.19. The molecule has 1 aromatic heterocycles. The topological polar surface area (TPSA) is 94.8 Å². The van der Waals surface area contributed by atoms with Crippen LogP contribution in [0.1, 0.15) is 39.9 Å². The van der Waals surface area contributed by atoms with Gasteiger partial charge in [-0.1, -0.05) is 12.1 Å². The third-order valence-corrected chi connectivity index (χ3v) is 5.40. The number of methoxy groups -OCH3 is 1. The largest absolute Gasteiger partial charge is 0.598 e. The Morgan fingerprint density at radius 1 is 1.38 bits per heavy atom. The lowest BCUT2D eigenvalue weighted by atomic mass is 9.96. The number of nitrogens with one attached hydrogen (secondary N) is 1. The second-order valence-electron chi connectivity index (χ2n) is 6.88. The first-order valence-corrected chi connectivity index (χ1v) is 8.70. The average molecular weight is 353 g/mol. The van der Waals surface area contributed by atoms with Gasteiger partial charge < -0.3 is 18.8 Å². The zero-order valence-electron chi connectivity index (χ0n) is 14.5. The standard InChI is InChI=1S/C17H23NO5S/c1-16(2,3)24(21)18-17(4,10-14(19)20)13-9-11-7-6-8-12(22-5)15(11)23-13/h6-9,18H,10H2,1-5H3,(H,19,20). The number of carbonyl (C=O) groups is 1. The van der Waals surface area contributed by atoms with Crippen molar-refractivity contribution in [1.82, 2.24) is 4.72 Å². The molecule has 6 nitrogen and oxygen atoms in total. The number of benzene rings is 1. The normalized spacial score (nSPS) is 15.9. The number of aliphatic carboxylic acids is 1. The molecule has 2 atom stereocenters. The molecule has 7 heteroatoms. The van der Waals surface area contributed by atoms with E-state index >= 15 is 0 Å². The summed E-state index contributed by atoms with van der Waals surface area (Å²) in [5.41, 5.74) is -0.580. The van der Waals surface area contributed by atoms with Gasteiger partial charge in [0.25, 0.3) is 0 Å². The summed E-state index contributed by atoms with van der Waals surface area (Å²) in [5, 5.41) is 10.1. The van der Waals surface area contributed by atoms with Crippen molar-refractivity contribution in [3.8, 4) is 5.75 Å². The molecule has 1 aromatic carbocycles. The van der Waals surface area contributed by atoms with Gasteiger partial charge in [0.15, 0.2) is 11.3 Å². The average Bonchev–Trinajstić information content (AvgIpc) is 2.89. The Balaban J connectivity index is 2.49. The molecule has 2 rings (SSSR count). The highest BCUT2D eigenvalue weighted by molar-refractivity contribution is 7.90. The van der Waals surface area contributed by atoms with E-state index in [4.69, 9.17) is 9.15 Å². The van der Waals surface area contributed by atoms with Crippen LogP contribution in [0.25, 0.3) is 11.0 Å². The summed E-state index contributed by atoms with van der Waals surface area (Å²) in [6.45, 7) is 7.13. The molecule has 0 amide bonds. The Bertz CT molecular complexity index is 736. The molecule has 132 valence electrons. The minimum absolute atomic E-state index is 0.267. The molecule has 0 fully saturated rings. The number of carboxylic acids is 1. The van der Waals surface area contributed by atoms with Crippen molar-refractivity contribution in [3.63, 3.8) is 0 Å². The van der Waals surface area contributed by atoms with E-state index in [-0.39, 0.29) is 6.42 Å². The number of rotatable bonds is 6. The van der Waals surface area contributed by atoms with Gasteiger partial charge >= 0.3 is 5.97 Å². The Hall–Kier alpha value is -1.70. The van der Waals surface area contributed by atoms with Crippen molar-refractivity contribution in [1.29, 1.82) is 0 Å². The molecular formula is C17H23NO5S. The molecule has 0 aliphatic carbocycles. The van der Waals surface area contributed by atoms with Crippen LogP contribution < -0.4 is 9.46 Å². The zero-order valence-corrected chi connectivity index (χ0v) is 15.3. The molecule has 0 aliphatic heterocycles. The predicted molar refractivity (Wildman–Crippen MR) is 93.4 cm³/mol. The van der Waals surface area contributed by atoms with Crippen LogP contribution >= 0.6 is 0 Å². The van der Waals surface area contributed by atoms with E-state index in [1.165, 1.54) is 0 Å². The summed E-state index contributed by atoms with van der Waals surface area (Å²) in [7, 11) is 1.54. The number of carboxylic acid groups (broad SMARTS) is 1. The van der Waals surface area contributed by atoms with E-state index in [1.54, 1.807) is 26.2 Å². The summed E-state index contributed by atoms with van der Waals surface area (Å²) < 4.78 is 26.1. The van der Waals surface area contributed by atoms with Crippen molar-refractivity contribution in [2.45, 2.75) is 44.4 Å². The maximum absolute atomic E-state index is 12.5. The first kappa shape index (κ1) is 18.6. The van der Waals surface area contributed by atoms with Crippen LogP contribution in [-0.2, 0) is 21.7 Å². The molecule has 2 N–H and O–H groups in total. The molecule has 0 aliphatic rings. The van der Waals surface area contributed by atoms with Gasteiger partial charge in [0, 0.05) is 16.7 Å². The van der Waals surface area contributed by atoms with Crippen molar-refractivity contribution in [3.05, 3.63) is 30.0 Å². The molecule has 0 saturated heterocycles. The number of fused-ring (bicyclic) bond motifs is 1. The Morgan fingerprint density at radius 3 is 2.58 bits per heavy atom. The Labute approximate surface area is 144 Å². The SMILES string of the molecule is COc1cccc2cc(C(C)(CC(=O)O)N[S+]([O-])C(C)(C)C)oc12. The Kier molecular flexibility index (Phi) is 5.17. The van der Waals surface area contributed by atoms with Crippen molar-refractivity contribution in [2.24, 2.45) is 0 Å². The van der Waals surface area contributed by atoms with Gasteiger partial charge in [0.1, 0.15) is 16.0 Å². The second-order valence-corrected chi connectivity index (χ2v) is 8.84. The molecule has 0 bridgehead atoms. The predicted octanol–water partition coefficient (Wildman–Crippen LogP) is 3.18. The number of para-hydroxylation sites is 1. The van der Waals surface area contributed by atoms with E-state index in [1.807, 2.05) is 32.9 Å². The van der Waals surface area contributed by atoms with Crippen LogP contribution in [0.4, 0.5) is 0 Å². The van der Waals surface area contributed by atoms with E-state index in [9.17, 15) is 14.5 Å². The Morgan fingerprint density at radius 2 is 2.04 bits per heavy atom. The van der Waals surface area contributed by atoms with Crippen LogP contribution in [-0.4, -0.2) is 27.5 Å². The summed E-state index contributed by atoms with van der Waals surface area (Å²) in [6.07, 6.45) is -0.267. The van der Waals surface area contributed by atoms with Gasteiger partial charge in [-0.2, -0.15) is 0 Å². The zero-order chi connectivity index (χ0) is 18.1. The van der Waals surface area contributed by atoms with Crippen LogP contribution in [0.2, 0.25) is 0 Å². The molecule has 2 aromatic rings. The number of furan rings is 1. The molecule has 2 unspecified atom stereocenters. The lowest BCUT2D eigenvalue weighted by Crippen LogP contribution is -2.50. The fourth-order valence-electron chi connectivity index (χ4n) is 2.30. The lowest BCUT2D eigenvalue weighted by Gasteiger charge is -2.32. The summed E-state index contributed by atoms with van der Waals surface area (Å²) in [6, 6.07) is 7.21. The highest BCUT2D eigenvalue weighted by Crippen LogP contribution is 2.36. The van der Waals surface area contributed by atoms with Gasteiger partial charge in [-0.3, -0.25) is 4.79 Å². The monoisotopic (exact) mass is 353 g/mol. The van der Waals surface area contributed by atoms with Crippen LogP contribution in [0.3, 0.4) is 0 Å². The van der Waals surface area contributed by atoms with E-state index in [0.717, 1.165) is 5.39 Å². The van der Waals surface area contributed by atoms with Gasteiger partial charge in [0.05, 0.1) is 13.5 Å². The summed E-state index contributed by atoms with van der Waals surface area (Å²) in [5.74, 6) is -0.0429. The number of hydrogen-bond acceptors (Lipinski definition) is 5. The van der Waals surface area contributed by atoms with E-state index < -0.39 is 27.6 Å². The van der Waals surface area contributed by atoms with Gasteiger partial charge in [-0.15, -0.1) is 4.72 Å². The van der Waals surface area contributed by atoms with Crippen LogP contribution in [0.15, 0.2) is 28.7 Å². The molecule has 1 heterocycles. The van der Waals surface area contributed by atoms with Gasteiger partial charge in [0.2, 0.25) is 0 Å². The summed E-state index contributed by atoms with van der Waals surface area (Å²) >= 11 is -1.46. The fraction of sp³-hybridized carbons (Fsp3) is 0.471. The smallest absolute Gasteiger partial charge is 0.305 e. The first-order chi connectivity index (χ1) is 11.1. The molecular weight excluding hydrogens is 330 g/mol. The third-order valence-electron chi connectivity index (χ3n) is 3.65. The first-order valence-electron chi connectivity index (χ1n) is 7.55. The summed E-state index contributed by atoms with van der Waals surface area (Å²) in [4.78, 5) is 11.4. The number of ether oxygens (including phenoxy) is 1. The van der Waals surface area contributed by atoms with E-state index in [2.05, 4.69) is 4.72 Å². The highest BCUT2D eigenvalue weighted by atomic mass is 32.2. The van der Waals surface area contributed by atoms with Crippen molar-refractivity contribution >= 4 is 28.3 Å². The molecule has 0 saturated carbocycles. The maximum Gasteiger partial charge on any atom is 0.305 e. The third kappa shape index (κ3) is 3.85. The number of hydrogen-bond donors (Lipinski definition) is 2. The highest BCUT2D eigenvalue weighted by Gasteiger charge is 2.41. The molecule has 0 radical (unpaired) electrons.